The summed E-state index contributed by atoms with van der Waals surface area (Å²) in [4.78, 5) is 31.1. The van der Waals surface area contributed by atoms with E-state index in [1.54, 1.807) is 0 Å². The molecule has 0 amide bonds. The van der Waals surface area contributed by atoms with Gasteiger partial charge in [-0.25, -0.2) is 29.9 Å². The molecule has 1 unspecified atom stereocenters. The molecule has 0 saturated heterocycles. The molecular formula is C139H91N9. The second kappa shape index (κ2) is 37.6. The van der Waals surface area contributed by atoms with Crippen LogP contribution in [-0.2, 0) is 0 Å². The molecule has 5 heterocycles. The fraction of sp³-hybridized carbons (Fsp3) is 0.00719. The summed E-state index contributed by atoms with van der Waals surface area (Å²) in [7, 11) is 0. The van der Waals surface area contributed by atoms with Crippen LogP contribution in [0.3, 0.4) is 0 Å². The van der Waals surface area contributed by atoms with Crippen LogP contribution in [0.15, 0.2) is 546 Å². The topological polar surface area (TPSA) is 92.1 Å². The Labute approximate surface area is 857 Å². The van der Waals surface area contributed by atoms with Crippen molar-refractivity contribution in [2.24, 2.45) is 0 Å². The summed E-state index contributed by atoms with van der Waals surface area (Å²) in [6.45, 7) is 0. The first-order valence-corrected chi connectivity index (χ1v) is 50.4. The third kappa shape index (κ3) is 16.1. The fourth-order valence-corrected chi connectivity index (χ4v) is 22.2. The van der Waals surface area contributed by atoms with Gasteiger partial charge in [-0.2, -0.15) is 0 Å². The average Bonchev–Trinajstić information content (AvgIpc) is 1.50. The predicted molar refractivity (Wildman–Crippen MR) is 612 cm³/mol. The van der Waals surface area contributed by atoms with Gasteiger partial charge in [0.2, 0.25) is 0 Å². The molecule has 148 heavy (non-hydrogen) atoms. The molecule has 27 aromatic rings. The first-order chi connectivity index (χ1) is 73.4. The first-order valence-electron chi connectivity index (χ1n) is 50.4. The minimum Gasteiger partial charge on any atom is -0.309 e. The van der Waals surface area contributed by atoms with Gasteiger partial charge in [0.1, 0.15) is 0 Å². The number of para-hydroxylation sites is 6. The van der Waals surface area contributed by atoms with Crippen LogP contribution in [0, 0.1) is 0 Å². The highest BCUT2D eigenvalue weighted by Crippen LogP contribution is 2.51. The quantitative estimate of drug-likeness (QED) is 0.0850. The van der Waals surface area contributed by atoms with E-state index in [1.807, 2.05) is 72.8 Å². The number of rotatable bonds is 18. The Morgan fingerprint density at radius 2 is 0.385 bits per heavy atom. The summed E-state index contributed by atoms with van der Waals surface area (Å²) < 4.78 is 7.13. The third-order valence-corrected chi connectivity index (χ3v) is 29.0. The van der Waals surface area contributed by atoms with Crippen molar-refractivity contribution in [3.63, 3.8) is 0 Å². The molecule has 9 nitrogen and oxygen atoms in total. The highest BCUT2D eigenvalue weighted by atomic mass is 15.1. The molecule has 0 fully saturated rings. The van der Waals surface area contributed by atoms with E-state index in [1.165, 1.54) is 110 Å². The van der Waals surface area contributed by atoms with Crippen LogP contribution < -0.4 is 0 Å². The maximum absolute atomic E-state index is 5.25. The predicted octanol–water partition coefficient (Wildman–Crippen LogP) is 35.5. The molecule has 0 aliphatic heterocycles. The Hall–Kier alpha value is -19.7. The van der Waals surface area contributed by atoms with Crippen molar-refractivity contribution >= 4 is 65.4 Å². The van der Waals surface area contributed by atoms with Crippen LogP contribution in [0.4, 0.5) is 0 Å². The minimum absolute atomic E-state index is 0.201. The van der Waals surface area contributed by atoms with Crippen LogP contribution in [0.2, 0.25) is 0 Å². The van der Waals surface area contributed by atoms with Crippen LogP contribution in [0.5, 0.6) is 0 Å². The lowest BCUT2D eigenvalue weighted by molar-refractivity contribution is 1.02. The zero-order valence-corrected chi connectivity index (χ0v) is 80.6. The lowest BCUT2D eigenvalue weighted by Crippen LogP contribution is -2.00. The molecule has 0 radical (unpaired) electrons. The lowest BCUT2D eigenvalue weighted by Gasteiger charge is -2.15. The van der Waals surface area contributed by atoms with E-state index >= 15 is 0 Å². The zero-order chi connectivity index (χ0) is 97.9. The van der Waals surface area contributed by atoms with Crippen molar-refractivity contribution in [2.75, 3.05) is 0 Å². The highest BCUT2D eigenvalue weighted by Gasteiger charge is 2.31. The molecular weight excluding hydrogens is 1800 g/mol. The molecule has 28 rings (SSSR count). The standard InChI is InChI=1S/C70H46N4.C69H45N5/c1-5-19-46(20-6-1)67-61-33-14-13-31-59(61)63-44-53(35-37-62(63)67)49-25-17-27-51(39-49)55-41-56(43-57(42-55)70-72-68(47-21-7-2-8-22-47)71-69(73-70)48-23-9-3-10-24-48)52-28-18-26-50(40-52)54-36-38-66-64(45-54)60-32-15-16-34-65(60)74(66)58-29-11-4-12-30-58;1-5-21-46(22-6-1)67-70-68(47-23-7-2-8-24-47)72-69(71-67)54-44-52(48-25-17-27-50(41-48)57-35-19-39-63-65(57)59-33-13-15-37-61(59)73(63)55-29-9-3-10-30-55)43-53(45-54)49-26-18-28-51(42-49)58-36-20-40-64-66(58)60-34-14-16-38-62(60)74(64)56-31-11-4-12-32-56/h1-45,67H;1-45H. The monoisotopic (exact) mass is 1890 g/mol. The van der Waals surface area contributed by atoms with Crippen LogP contribution in [0.1, 0.15) is 22.6 Å². The number of aromatic nitrogens is 9. The second-order valence-corrected chi connectivity index (χ2v) is 37.9. The van der Waals surface area contributed by atoms with E-state index < -0.39 is 0 Å². The Morgan fingerprint density at radius 3 is 0.797 bits per heavy atom. The normalized spacial score (nSPS) is 12.1. The summed E-state index contributed by atoms with van der Waals surface area (Å²) >= 11 is 0. The van der Waals surface area contributed by atoms with Gasteiger partial charge in [0, 0.05) is 88.7 Å². The van der Waals surface area contributed by atoms with Gasteiger partial charge in [-0.1, -0.05) is 400 Å². The molecule has 1 aliphatic rings. The van der Waals surface area contributed by atoms with Gasteiger partial charge in [-0.3, -0.25) is 0 Å². The molecule has 692 valence electrons. The Kier molecular flexibility index (Phi) is 22.2. The lowest BCUT2D eigenvalue weighted by atomic mass is 9.88. The molecule has 0 bridgehead atoms. The fourth-order valence-electron chi connectivity index (χ4n) is 22.2. The number of hydrogen-bond donors (Lipinski definition) is 0. The Bertz CT molecular complexity index is 9430. The summed E-state index contributed by atoms with van der Waals surface area (Å²) in [6, 6.07) is 195. The molecule has 5 aromatic heterocycles. The summed E-state index contributed by atoms with van der Waals surface area (Å²) in [5.41, 5.74) is 40.5. The maximum atomic E-state index is 5.25. The third-order valence-electron chi connectivity index (χ3n) is 29.0. The van der Waals surface area contributed by atoms with Crippen LogP contribution >= 0.6 is 0 Å². The van der Waals surface area contributed by atoms with E-state index in [-0.39, 0.29) is 5.92 Å². The number of fused-ring (bicyclic) bond motifs is 12. The van der Waals surface area contributed by atoms with Gasteiger partial charge in [0.25, 0.3) is 0 Å². The Morgan fingerprint density at radius 1 is 0.135 bits per heavy atom. The molecule has 0 saturated carbocycles. The number of nitrogens with zero attached hydrogens (tertiary/aromatic N) is 9. The largest absolute Gasteiger partial charge is 0.309 e. The van der Waals surface area contributed by atoms with Crippen molar-refractivity contribution in [2.45, 2.75) is 5.92 Å². The van der Waals surface area contributed by atoms with Gasteiger partial charge in [-0.05, 0) is 262 Å². The molecule has 1 aliphatic carbocycles. The Balaban J connectivity index is 0.000000146. The van der Waals surface area contributed by atoms with E-state index in [9.17, 15) is 0 Å². The summed E-state index contributed by atoms with van der Waals surface area (Å²) in [6.07, 6.45) is 0. The molecule has 0 spiro atoms. The van der Waals surface area contributed by atoms with E-state index in [4.69, 9.17) is 29.9 Å². The van der Waals surface area contributed by atoms with Gasteiger partial charge < -0.3 is 13.7 Å². The average molecular weight is 1890 g/mol. The summed E-state index contributed by atoms with van der Waals surface area (Å²) in [5.74, 6) is 3.91. The smallest absolute Gasteiger partial charge is 0.164 e. The van der Waals surface area contributed by atoms with E-state index in [2.05, 4.69) is 487 Å². The van der Waals surface area contributed by atoms with Crippen molar-refractivity contribution in [1.29, 1.82) is 0 Å². The van der Waals surface area contributed by atoms with Crippen LogP contribution in [-0.4, -0.2) is 43.6 Å². The minimum atomic E-state index is 0.201. The van der Waals surface area contributed by atoms with E-state index in [0.717, 1.165) is 123 Å². The second-order valence-electron chi connectivity index (χ2n) is 37.9. The van der Waals surface area contributed by atoms with Gasteiger partial charge >= 0.3 is 0 Å². The number of benzene rings is 22. The summed E-state index contributed by atoms with van der Waals surface area (Å²) in [5, 5.41) is 7.34. The SMILES string of the molecule is c1ccc(-c2nc(-c3ccccc3)nc(-c3cc(-c4cccc(-c5ccc6c(c5)-c5ccccc5C6c5ccccc5)c4)cc(-c4cccc(-c5ccc6c(c5)c5ccccc5n6-c5ccccc5)c4)c3)n2)cc1.c1ccc(-c2nc(-c3ccccc3)nc(-c3cc(-c4cccc(-c5cccc6c5c5ccccc5n6-c5ccccc5)c4)cc(-c4cccc(-c5cccc6c5c5ccccc5n6-c5ccccc5)c4)c3)n2)cc1. The van der Waals surface area contributed by atoms with Crippen molar-refractivity contribution in [3.8, 4) is 186 Å². The molecule has 1 atom stereocenters. The molecule has 22 aromatic carbocycles. The zero-order valence-electron chi connectivity index (χ0n) is 80.6. The molecule has 0 N–H and O–H groups in total. The highest BCUT2D eigenvalue weighted by molar-refractivity contribution is 6.18. The van der Waals surface area contributed by atoms with Crippen molar-refractivity contribution < 1.29 is 0 Å². The van der Waals surface area contributed by atoms with Crippen molar-refractivity contribution in [3.05, 3.63) is 563 Å². The van der Waals surface area contributed by atoms with Crippen LogP contribution in [0.25, 0.3) is 251 Å². The van der Waals surface area contributed by atoms with E-state index in [0.29, 0.717) is 34.9 Å². The van der Waals surface area contributed by atoms with Gasteiger partial charge in [-0.15, -0.1) is 0 Å². The first kappa shape index (κ1) is 87.3. The number of hydrogen-bond acceptors (Lipinski definition) is 6. The maximum Gasteiger partial charge on any atom is 0.164 e. The van der Waals surface area contributed by atoms with Gasteiger partial charge in [0.05, 0.1) is 33.1 Å². The molecule has 9 heteroatoms. The van der Waals surface area contributed by atoms with Gasteiger partial charge in [0.15, 0.2) is 34.9 Å². The van der Waals surface area contributed by atoms with Crippen molar-refractivity contribution in [1.82, 2.24) is 43.6 Å².